The maximum Gasteiger partial charge on any atom is 0.0636 e. The van der Waals surface area contributed by atoms with Crippen LogP contribution in [0.15, 0.2) is 24.4 Å². The minimum Gasteiger partial charge on any atom is -0.377 e. The van der Waals surface area contributed by atoms with Gasteiger partial charge in [0.2, 0.25) is 0 Å². The quantitative estimate of drug-likeness (QED) is 0.844. The van der Waals surface area contributed by atoms with E-state index in [0.717, 1.165) is 31.8 Å². The van der Waals surface area contributed by atoms with Crippen LogP contribution in [0.1, 0.15) is 25.0 Å². The molecule has 2 saturated heterocycles. The maximum absolute atomic E-state index is 5.98. The Bertz CT molecular complexity index is 360. The molecule has 0 saturated carbocycles. The Kier molecular flexibility index (Phi) is 3.12. The molecule has 17 heavy (non-hydrogen) atoms. The summed E-state index contributed by atoms with van der Waals surface area (Å²) >= 11 is 0. The highest BCUT2D eigenvalue weighted by Gasteiger charge is 2.40. The first-order chi connectivity index (χ1) is 8.36. The summed E-state index contributed by atoms with van der Waals surface area (Å²) in [6.45, 7) is 3.26. The molecule has 0 radical (unpaired) electrons. The molecule has 2 fully saturated rings. The molecular weight excluding hydrogens is 212 g/mol. The Morgan fingerprint density at radius 2 is 2.24 bits per heavy atom. The number of nitrogens with one attached hydrogen (secondary N) is 1. The Morgan fingerprint density at radius 1 is 1.35 bits per heavy atom. The van der Waals surface area contributed by atoms with Gasteiger partial charge in [0, 0.05) is 18.3 Å². The van der Waals surface area contributed by atoms with Crippen LogP contribution in [-0.2, 0) is 11.2 Å². The third-order valence-corrected chi connectivity index (χ3v) is 4.11. The predicted octanol–water partition coefficient (Wildman–Crippen LogP) is 1.78. The second kappa shape index (κ2) is 4.75. The topological polar surface area (TPSA) is 34.1 Å². The van der Waals surface area contributed by atoms with E-state index in [2.05, 4.69) is 22.4 Å². The van der Waals surface area contributed by atoms with Gasteiger partial charge in [-0.3, -0.25) is 4.98 Å². The molecule has 0 unspecified atom stereocenters. The Labute approximate surface area is 103 Å². The molecule has 3 rings (SSSR count). The molecule has 3 heterocycles. The highest BCUT2D eigenvalue weighted by molar-refractivity contribution is 5.06. The molecule has 0 aliphatic carbocycles. The summed E-state index contributed by atoms with van der Waals surface area (Å²) in [5.74, 6) is 0. The number of nitrogens with zero attached hydrogens (tertiary/aromatic N) is 1. The zero-order valence-electron chi connectivity index (χ0n) is 10.2. The maximum atomic E-state index is 5.98. The van der Waals surface area contributed by atoms with E-state index in [1.54, 1.807) is 0 Å². The van der Waals surface area contributed by atoms with Crippen molar-refractivity contribution in [2.45, 2.75) is 31.8 Å². The van der Waals surface area contributed by atoms with Gasteiger partial charge in [-0.15, -0.1) is 0 Å². The van der Waals surface area contributed by atoms with Gasteiger partial charge in [0.15, 0.2) is 0 Å². The first-order valence-electron chi connectivity index (χ1n) is 6.59. The van der Waals surface area contributed by atoms with Gasteiger partial charge >= 0.3 is 0 Å². The smallest absolute Gasteiger partial charge is 0.0636 e. The van der Waals surface area contributed by atoms with Crippen molar-refractivity contribution in [3.8, 4) is 0 Å². The van der Waals surface area contributed by atoms with Gasteiger partial charge in [0.25, 0.3) is 0 Å². The molecular formula is C14H20N2O. The Balaban J connectivity index is 1.60. The van der Waals surface area contributed by atoms with Crippen LogP contribution in [0.4, 0.5) is 0 Å². The SMILES string of the molecule is c1ccc(C[C@@H]2CC3(CCNCC3)CO2)nc1. The van der Waals surface area contributed by atoms with Crippen molar-refractivity contribution in [2.75, 3.05) is 19.7 Å². The number of piperidine rings is 1. The first-order valence-corrected chi connectivity index (χ1v) is 6.59. The highest BCUT2D eigenvalue weighted by atomic mass is 16.5. The van der Waals surface area contributed by atoms with E-state index in [-0.39, 0.29) is 0 Å². The Morgan fingerprint density at radius 3 is 3.00 bits per heavy atom. The second-order valence-electron chi connectivity index (χ2n) is 5.41. The fourth-order valence-electron chi connectivity index (χ4n) is 3.08. The first kappa shape index (κ1) is 11.2. The number of pyridine rings is 1. The lowest BCUT2D eigenvalue weighted by molar-refractivity contribution is 0.0863. The predicted molar refractivity (Wildman–Crippen MR) is 66.8 cm³/mol. The van der Waals surface area contributed by atoms with Gasteiger partial charge in [-0.2, -0.15) is 0 Å². The summed E-state index contributed by atoms with van der Waals surface area (Å²) in [7, 11) is 0. The van der Waals surface area contributed by atoms with Crippen molar-refractivity contribution in [1.29, 1.82) is 0 Å². The van der Waals surface area contributed by atoms with Crippen LogP contribution in [0.5, 0.6) is 0 Å². The summed E-state index contributed by atoms with van der Waals surface area (Å²) in [6.07, 6.45) is 6.96. The van der Waals surface area contributed by atoms with Gasteiger partial charge < -0.3 is 10.1 Å². The lowest BCUT2D eigenvalue weighted by Gasteiger charge is -2.32. The molecule has 2 aliphatic rings. The zero-order chi connectivity index (χ0) is 11.6. The molecule has 0 bridgehead atoms. The van der Waals surface area contributed by atoms with E-state index >= 15 is 0 Å². The molecule has 1 spiro atoms. The normalized spacial score (nSPS) is 27.4. The molecule has 3 nitrogen and oxygen atoms in total. The fourth-order valence-corrected chi connectivity index (χ4v) is 3.08. The molecule has 0 aromatic carbocycles. The minimum atomic E-state index is 0.378. The molecule has 92 valence electrons. The number of hydrogen-bond acceptors (Lipinski definition) is 3. The summed E-state index contributed by atoms with van der Waals surface area (Å²) in [4.78, 5) is 4.38. The zero-order valence-corrected chi connectivity index (χ0v) is 10.2. The summed E-state index contributed by atoms with van der Waals surface area (Å²) in [5.41, 5.74) is 1.62. The van der Waals surface area contributed by atoms with Gasteiger partial charge in [0.1, 0.15) is 0 Å². The van der Waals surface area contributed by atoms with Crippen LogP contribution in [0.25, 0.3) is 0 Å². The standard InChI is InChI=1S/C14H20N2O/c1-2-6-16-12(3-1)9-13-10-14(11-17-13)4-7-15-8-5-14/h1-3,6,13,15H,4-5,7-11H2/t13-/m1/s1. The van der Waals surface area contributed by atoms with E-state index in [9.17, 15) is 0 Å². The molecule has 1 aromatic rings. The number of rotatable bonds is 2. The van der Waals surface area contributed by atoms with Crippen LogP contribution in [0.2, 0.25) is 0 Å². The third-order valence-electron chi connectivity index (χ3n) is 4.11. The average Bonchev–Trinajstić information content (AvgIpc) is 2.74. The minimum absolute atomic E-state index is 0.378. The second-order valence-corrected chi connectivity index (χ2v) is 5.41. The van der Waals surface area contributed by atoms with E-state index in [1.165, 1.54) is 19.3 Å². The molecule has 3 heteroatoms. The highest BCUT2D eigenvalue weighted by Crippen LogP contribution is 2.40. The third kappa shape index (κ3) is 2.50. The number of aromatic nitrogens is 1. The van der Waals surface area contributed by atoms with Gasteiger partial charge in [-0.05, 0) is 49.9 Å². The average molecular weight is 232 g/mol. The van der Waals surface area contributed by atoms with Crippen LogP contribution in [-0.4, -0.2) is 30.8 Å². The summed E-state index contributed by atoms with van der Waals surface area (Å²) in [6, 6.07) is 6.11. The van der Waals surface area contributed by atoms with E-state index in [0.29, 0.717) is 11.5 Å². The molecule has 0 amide bonds. The summed E-state index contributed by atoms with van der Waals surface area (Å²) < 4.78 is 5.98. The van der Waals surface area contributed by atoms with Crippen molar-refractivity contribution in [3.05, 3.63) is 30.1 Å². The van der Waals surface area contributed by atoms with Crippen LogP contribution < -0.4 is 5.32 Å². The molecule has 1 atom stereocenters. The molecule has 1 aromatic heterocycles. The Hall–Kier alpha value is -0.930. The number of ether oxygens (including phenoxy) is 1. The fraction of sp³-hybridized carbons (Fsp3) is 0.643. The molecule has 1 N–H and O–H groups in total. The molecule has 2 aliphatic heterocycles. The lowest BCUT2D eigenvalue weighted by Crippen LogP contribution is -2.37. The van der Waals surface area contributed by atoms with Gasteiger partial charge in [-0.1, -0.05) is 6.07 Å². The van der Waals surface area contributed by atoms with Crippen LogP contribution in [0, 0.1) is 5.41 Å². The lowest BCUT2D eigenvalue weighted by atomic mass is 9.77. The largest absolute Gasteiger partial charge is 0.377 e. The van der Waals surface area contributed by atoms with Crippen molar-refractivity contribution in [2.24, 2.45) is 5.41 Å². The van der Waals surface area contributed by atoms with Crippen molar-refractivity contribution in [1.82, 2.24) is 10.3 Å². The summed E-state index contributed by atoms with van der Waals surface area (Å²) in [5, 5.41) is 3.43. The van der Waals surface area contributed by atoms with E-state index < -0.39 is 0 Å². The van der Waals surface area contributed by atoms with E-state index in [1.807, 2.05) is 12.3 Å². The van der Waals surface area contributed by atoms with Crippen LogP contribution in [0.3, 0.4) is 0 Å². The van der Waals surface area contributed by atoms with E-state index in [4.69, 9.17) is 4.74 Å². The van der Waals surface area contributed by atoms with Gasteiger partial charge in [0.05, 0.1) is 12.7 Å². The van der Waals surface area contributed by atoms with Crippen molar-refractivity contribution < 1.29 is 4.74 Å². The van der Waals surface area contributed by atoms with Gasteiger partial charge in [-0.25, -0.2) is 0 Å². The van der Waals surface area contributed by atoms with Crippen LogP contribution >= 0.6 is 0 Å². The monoisotopic (exact) mass is 232 g/mol. The number of hydrogen-bond donors (Lipinski definition) is 1. The van der Waals surface area contributed by atoms with Crippen molar-refractivity contribution in [3.63, 3.8) is 0 Å². The van der Waals surface area contributed by atoms with Crippen molar-refractivity contribution >= 4 is 0 Å².